The first-order chi connectivity index (χ1) is 12.8. The second-order valence-corrected chi connectivity index (χ2v) is 6.32. The van der Waals surface area contributed by atoms with Crippen molar-refractivity contribution >= 4 is 16.9 Å². The van der Waals surface area contributed by atoms with Gasteiger partial charge in [-0.25, -0.2) is 4.68 Å². The molecule has 7 heteroatoms. The smallest absolute Gasteiger partial charge is 0.234 e. The molecule has 0 atom stereocenters. The highest BCUT2D eigenvalue weighted by atomic mass is 16.5. The molecule has 0 fully saturated rings. The van der Waals surface area contributed by atoms with E-state index < -0.39 is 0 Å². The zero-order valence-corrected chi connectivity index (χ0v) is 14.5. The number of fused-ring (bicyclic) bond motifs is 2. The van der Waals surface area contributed by atoms with Gasteiger partial charge in [0.15, 0.2) is 0 Å². The molecule has 0 bridgehead atoms. The average Bonchev–Trinajstić information content (AvgIpc) is 2.95. The van der Waals surface area contributed by atoms with Gasteiger partial charge in [0.25, 0.3) is 0 Å². The van der Waals surface area contributed by atoms with Gasteiger partial charge >= 0.3 is 0 Å². The summed E-state index contributed by atoms with van der Waals surface area (Å²) in [5.74, 6) is 0.919. The lowest BCUT2D eigenvalue weighted by Crippen LogP contribution is -2.39. The first kappa shape index (κ1) is 16.5. The molecule has 3 aromatic rings. The van der Waals surface area contributed by atoms with Crippen molar-refractivity contribution in [2.45, 2.75) is 13.1 Å². The molecular weight excluding hydrogens is 330 g/mol. The number of amides is 1. The minimum absolute atomic E-state index is 0.00815. The van der Waals surface area contributed by atoms with Gasteiger partial charge in [-0.1, -0.05) is 35.5 Å². The molecule has 4 rings (SSSR count). The Balaban J connectivity index is 1.29. The predicted octanol–water partition coefficient (Wildman–Crippen LogP) is 1.44. The normalized spacial score (nSPS) is 14.5. The molecule has 2 heterocycles. The zero-order chi connectivity index (χ0) is 17.8. The Bertz CT molecular complexity index is 908. The molecule has 0 aliphatic carbocycles. The van der Waals surface area contributed by atoms with Crippen molar-refractivity contribution in [3.8, 4) is 5.75 Å². The van der Waals surface area contributed by atoms with Crippen molar-refractivity contribution in [2.75, 3.05) is 26.2 Å². The van der Waals surface area contributed by atoms with Crippen LogP contribution in [0.1, 0.15) is 5.56 Å². The van der Waals surface area contributed by atoms with E-state index in [9.17, 15) is 4.79 Å². The summed E-state index contributed by atoms with van der Waals surface area (Å²) in [6.45, 7) is 3.52. The summed E-state index contributed by atoms with van der Waals surface area (Å²) in [7, 11) is 0. The largest absolute Gasteiger partial charge is 0.492 e. The molecule has 1 N–H and O–H groups in total. The maximum absolute atomic E-state index is 12.3. The number of hydrogen-bond donors (Lipinski definition) is 1. The number of para-hydroxylation sites is 2. The van der Waals surface area contributed by atoms with Gasteiger partial charge in [0.05, 0.1) is 18.6 Å². The van der Waals surface area contributed by atoms with Gasteiger partial charge in [0, 0.05) is 25.2 Å². The topological polar surface area (TPSA) is 72.3 Å². The lowest BCUT2D eigenvalue weighted by molar-refractivity contribution is -0.122. The lowest BCUT2D eigenvalue weighted by Gasteiger charge is -2.18. The molecule has 0 saturated heterocycles. The van der Waals surface area contributed by atoms with E-state index in [0.717, 1.165) is 35.4 Å². The van der Waals surface area contributed by atoms with E-state index in [2.05, 4.69) is 20.5 Å². The Morgan fingerprint density at radius 1 is 1.15 bits per heavy atom. The van der Waals surface area contributed by atoms with Crippen LogP contribution < -0.4 is 10.1 Å². The maximum atomic E-state index is 12.3. The molecular formula is C19H21N5O2. The monoisotopic (exact) mass is 351 g/mol. The number of rotatable bonds is 5. The molecule has 1 aliphatic rings. The highest BCUT2D eigenvalue weighted by Crippen LogP contribution is 2.22. The SMILES string of the molecule is O=C(CN1CCOc2ccccc2C1)NCCn1nnc2ccccc21. The van der Waals surface area contributed by atoms with Crippen LogP contribution in [0.15, 0.2) is 48.5 Å². The third-order valence-corrected chi connectivity index (χ3v) is 4.46. The molecule has 0 spiro atoms. The minimum atomic E-state index is 0.00815. The van der Waals surface area contributed by atoms with Crippen LogP contribution in [0.4, 0.5) is 0 Å². The predicted molar refractivity (Wildman–Crippen MR) is 97.8 cm³/mol. The quantitative estimate of drug-likeness (QED) is 0.753. The number of carbonyl (C=O) groups is 1. The summed E-state index contributed by atoms with van der Waals surface area (Å²) in [6.07, 6.45) is 0. The number of hydrogen-bond acceptors (Lipinski definition) is 5. The highest BCUT2D eigenvalue weighted by Gasteiger charge is 2.17. The third-order valence-electron chi connectivity index (χ3n) is 4.46. The third kappa shape index (κ3) is 3.67. The fourth-order valence-corrected chi connectivity index (χ4v) is 3.16. The number of ether oxygens (including phenoxy) is 1. The fraction of sp³-hybridized carbons (Fsp3) is 0.316. The van der Waals surface area contributed by atoms with Crippen LogP contribution in [0.2, 0.25) is 0 Å². The fourth-order valence-electron chi connectivity index (χ4n) is 3.16. The summed E-state index contributed by atoms with van der Waals surface area (Å²) < 4.78 is 7.55. The van der Waals surface area contributed by atoms with Gasteiger partial charge in [-0.2, -0.15) is 0 Å². The molecule has 0 unspecified atom stereocenters. The summed E-state index contributed by atoms with van der Waals surface area (Å²) in [4.78, 5) is 14.4. The van der Waals surface area contributed by atoms with Gasteiger partial charge in [0.2, 0.25) is 5.91 Å². The number of nitrogens with zero attached hydrogens (tertiary/aromatic N) is 4. The first-order valence-electron chi connectivity index (χ1n) is 8.77. The van der Waals surface area contributed by atoms with Crippen LogP contribution in [0.25, 0.3) is 11.0 Å². The number of aromatic nitrogens is 3. The number of carbonyl (C=O) groups excluding carboxylic acids is 1. The van der Waals surface area contributed by atoms with Crippen LogP contribution in [-0.4, -0.2) is 52.0 Å². The Labute approximate surface area is 151 Å². The Hall–Kier alpha value is -2.93. The Morgan fingerprint density at radius 3 is 2.96 bits per heavy atom. The van der Waals surface area contributed by atoms with E-state index in [-0.39, 0.29) is 5.91 Å². The summed E-state index contributed by atoms with van der Waals surface area (Å²) >= 11 is 0. The van der Waals surface area contributed by atoms with Crippen molar-refractivity contribution in [1.29, 1.82) is 0 Å². The van der Waals surface area contributed by atoms with Crippen molar-refractivity contribution < 1.29 is 9.53 Å². The summed E-state index contributed by atoms with van der Waals surface area (Å²) in [6, 6.07) is 15.8. The first-order valence-corrected chi connectivity index (χ1v) is 8.77. The van der Waals surface area contributed by atoms with Crippen molar-refractivity contribution in [3.63, 3.8) is 0 Å². The molecule has 0 saturated carbocycles. The van der Waals surface area contributed by atoms with Gasteiger partial charge in [-0.15, -0.1) is 5.10 Å². The second kappa shape index (κ2) is 7.53. The lowest BCUT2D eigenvalue weighted by atomic mass is 10.2. The van der Waals surface area contributed by atoms with E-state index in [1.807, 2.05) is 53.2 Å². The minimum Gasteiger partial charge on any atom is -0.492 e. The molecule has 1 amide bonds. The molecule has 1 aromatic heterocycles. The maximum Gasteiger partial charge on any atom is 0.234 e. The molecule has 134 valence electrons. The second-order valence-electron chi connectivity index (χ2n) is 6.32. The van der Waals surface area contributed by atoms with E-state index in [1.54, 1.807) is 0 Å². The highest BCUT2D eigenvalue weighted by molar-refractivity contribution is 5.78. The van der Waals surface area contributed by atoms with Crippen molar-refractivity contribution in [1.82, 2.24) is 25.2 Å². The van der Waals surface area contributed by atoms with Gasteiger partial charge in [0.1, 0.15) is 17.9 Å². The van der Waals surface area contributed by atoms with E-state index in [1.165, 1.54) is 0 Å². The standard InChI is InChI=1S/C19H21N5O2/c25-19(14-23-11-12-26-18-8-4-1-5-15(18)13-23)20-9-10-24-17-7-3-2-6-16(17)21-22-24/h1-8H,9-14H2,(H,20,25). The van der Waals surface area contributed by atoms with E-state index >= 15 is 0 Å². The average molecular weight is 351 g/mol. The van der Waals surface area contributed by atoms with E-state index in [4.69, 9.17) is 4.74 Å². The molecule has 0 radical (unpaired) electrons. The summed E-state index contributed by atoms with van der Waals surface area (Å²) in [5.41, 5.74) is 2.96. The van der Waals surface area contributed by atoms with Crippen LogP contribution in [0.5, 0.6) is 5.75 Å². The Morgan fingerprint density at radius 2 is 2.00 bits per heavy atom. The van der Waals surface area contributed by atoms with Gasteiger partial charge in [-0.05, 0) is 18.2 Å². The van der Waals surface area contributed by atoms with Gasteiger partial charge in [-0.3, -0.25) is 9.69 Å². The van der Waals surface area contributed by atoms with Crippen LogP contribution >= 0.6 is 0 Å². The van der Waals surface area contributed by atoms with Crippen LogP contribution in [0.3, 0.4) is 0 Å². The van der Waals surface area contributed by atoms with Crippen molar-refractivity contribution in [2.24, 2.45) is 0 Å². The zero-order valence-electron chi connectivity index (χ0n) is 14.5. The van der Waals surface area contributed by atoms with Crippen LogP contribution in [-0.2, 0) is 17.9 Å². The number of nitrogens with one attached hydrogen (secondary N) is 1. The molecule has 2 aromatic carbocycles. The van der Waals surface area contributed by atoms with Crippen molar-refractivity contribution in [3.05, 3.63) is 54.1 Å². The Kier molecular flexibility index (Phi) is 4.79. The molecule has 7 nitrogen and oxygen atoms in total. The van der Waals surface area contributed by atoms with E-state index in [0.29, 0.717) is 26.2 Å². The summed E-state index contributed by atoms with van der Waals surface area (Å²) in [5, 5.41) is 11.2. The molecule has 26 heavy (non-hydrogen) atoms. The van der Waals surface area contributed by atoms with Gasteiger partial charge < -0.3 is 10.1 Å². The molecule has 1 aliphatic heterocycles. The van der Waals surface area contributed by atoms with Crippen LogP contribution in [0, 0.1) is 0 Å². The number of benzene rings is 2.